The first-order valence-corrected chi connectivity index (χ1v) is 6.65. The monoisotopic (exact) mass is 300 g/mol. The summed E-state index contributed by atoms with van der Waals surface area (Å²) in [6, 6.07) is 3.16. The molecular formula is C14H18F2N2O3. The highest BCUT2D eigenvalue weighted by Gasteiger charge is 2.32. The first kappa shape index (κ1) is 16.9. The molecule has 5 nitrogen and oxygen atoms in total. The Hall–Kier alpha value is -2.18. The molecule has 1 fully saturated rings. The quantitative estimate of drug-likeness (QED) is 0.933. The Morgan fingerprint density at radius 3 is 2.62 bits per heavy atom. The number of anilines is 1. The van der Waals surface area contributed by atoms with Crippen molar-refractivity contribution in [2.75, 3.05) is 18.0 Å². The zero-order chi connectivity index (χ0) is 16.0. The first-order valence-electron chi connectivity index (χ1n) is 6.65. The van der Waals surface area contributed by atoms with Crippen molar-refractivity contribution in [2.45, 2.75) is 26.9 Å². The second-order valence-corrected chi connectivity index (χ2v) is 4.15. The summed E-state index contributed by atoms with van der Waals surface area (Å²) in [6.07, 6.45) is -1.16. The molecule has 1 aliphatic heterocycles. The van der Waals surface area contributed by atoms with E-state index in [0.717, 1.165) is 12.1 Å². The molecule has 7 heteroatoms. The fraction of sp³-hybridized carbons (Fsp3) is 0.429. The molecule has 1 heterocycles. The summed E-state index contributed by atoms with van der Waals surface area (Å²) in [6.45, 7) is 5.70. The molecule has 1 aromatic rings. The minimum atomic E-state index is -1.03. The van der Waals surface area contributed by atoms with Crippen molar-refractivity contribution in [1.29, 1.82) is 0 Å². The molecule has 0 saturated carbocycles. The van der Waals surface area contributed by atoms with E-state index in [0.29, 0.717) is 0 Å². The van der Waals surface area contributed by atoms with Crippen LogP contribution in [0.5, 0.6) is 0 Å². The average molecular weight is 300 g/mol. The van der Waals surface area contributed by atoms with Gasteiger partial charge in [0.15, 0.2) is 11.6 Å². The number of hydrogen-bond acceptors (Lipinski definition) is 3. The highest BCUT2D eigenvalue weighted by Crippen LogP contribution is 2.23. The minimum absolute atomic E-state index is 0.171. The molecule has 1 aromatic carbocycles. The van der Waals surface area contributed by atoms with Gasteiger partial charge in [0.1, 0.15) is 6.10 Å². The third kappa shape index (κ3) is 4.40. The van der Waals surface area contributed by atoms with Crippen molar-refractivity contribution >= 4 is 17.7 Å². The van der Waals surface area contributed by atoms with Gasteiger partial charge in [0.05, 0.1) is 18.8 Å². The Kier molecular flexibility index (Phi) is 6.08. The van der Waals surface area contributed by atoms with E-state index in [-0.39, 0.29) is 24.7 Å². The van der Waals surface area contributed by atoms with Crippen LogP contribution in [0.1, 0.15) is 20.8 Å². The van der Waals surface area contributed by atoms with Crippen LogP contribution in [0.3, 0.4) is 0 Å². The zero-order valence-electron chi connectivity index (χ0n) is 12.2. The fourth-order valence-electron chi connectivity index (χ4n) is 1.75. The van der Waals surface area contributed by atoms with Crippen molar-refractivity contribution < 1.29 is 23.1 Å². The number of carbonyl (C=O) groups is 2. The highest BCUT2D eigenvalue weighted by molar-refractivity contribution is 5.89. The lowest BCUT2D eigenvalue weighted by Gasteiger charge is -2.13. The molecule has 2 rings (SSSR count). The molecule has 1 unspecified atom stereocenters. The summed E-state index contributed by atoms with van der Waals surface area (Å²) < 4.78 is 30.9. The topological polar surface area (TPSA) is 58.6 Å². The van der Waals surface area contributed by atoms with E-state index in [1.807, 2.05) is 13.8 Å². The number of amides is 2. The molecule has 1 N–H and O–H groups in total. The predicted molar refractivity (Wildman–Crippen MR) is 74.0 cm³/mol. The van der Waals surface area contributed by atoms with E-state index in [9.17, 15) is 18.4 Å². The third-order valence-corrected chi connectivity index (χ3v) is 2.67. The number of benzene rings is 1. The lowest BCUT2D eigenvalue weighted by Crippen LogP contribution is -2.33. The maximum Gasteiger partial charge on any atom is 0.414 e. The fourth-order valence-corrected chi connectivity index (χ4v) is 1.75. The molecule has 1 saturated heterocycles. The van der Waals surface area contributed by atoms with Crippen LogP contribution in [0.15, 0.2) is 18.2 Å². The number of rotatable bonds is 3. The molecular weight excluding hydrogens is 282 g/mol. The molecule has 0 bridgehead atoms. The van der Waals surface area contributed by atoms with E-state index in [2.05, 4.69) is 5.32 Å². The van der Waals surface area contributed by atoms with Gasteiger partial charge in [-0.05, 0) is 12.1 Å². The van der Waals surface area contributed by atoms with Gasteiger partial charge in [0.2, 0.25) is 5.91 Å². The van der Waals surface area contributed by atoms with Gasteiger partial charge in [0, 0.05) is 13.0 Å². The van der Waals surface area contributed by atoms with Crippen LogP contribution in [0.25, 0.3) is 0 Å². The summed E-state index contributed by atoms with van der Waals surface area (Å²) >= 11 is 0. The van der Waals surface area contributed by atoms with Gasteiger partial charge in [0.25, 0.3) is 0 Å². The molecule has 1 aliphatic rings. The number of ether oxygens (including phenoxy) is 1. The van der Waals surface area contributed by atoms with Gasteiger partial charge in [-0.3, -0.25) is 9.69 Å². The second-order valence-electron chi connectivity index (χ2n) is 4.15. The summed E-state index contributed by atoms with van der Waals surface area (Å²) in [5.41, 5.74) is 0.217. The minimum Gasteiger partial charge on any atom is -0.442 e. The normalized spacial score (nSPS) is 16.9. The molecule has 1 atom stereocenters. The lowest BCUT2D eigenvalue weighted by molar-refractivity contribution is -0.119. The van der Waals surface area contributed by atoms with Gasteiger partial charge < -0.3 is 10.1 Å². The van der Waals surface area contributed by atoms with E-state index >= 15 is 0 Å². The number of carbonyl (C=O) groups excluding carboxylic acids is 2. The number of nitrogens with zero attached hydrogens (tertiary/aromatic N) is 1. The molecule has 0 aliphatic carbocycles. The van der Waals surface area contributed by atoms with Gasteiger partial charge in [-0.1, -0.05) is 13.8 Å². The van der Waals surface area contributed by atoms with Crippen LogP contribution in [0, 0.1) is 11.6 Å². The van der Waals surface area contributed by atoms with Crippen molar-refractivity contribution in [3.05, 3.63) is 29.8 Å². The molecule has 2 amide bonds. The summed E-state index contributed by atoms with van der Waals surface area (Å²) in [5, 5.41) is 2.52. The molecule has 0 radical (unpaired) electrons. The lowest BCUT2D eigenvalue weighted by atomic mass is 10.2. The van der Waals surface area contributed by atoms with Gasteiger partial charge in [-0.25, -0.2) is 13.6 Å². The highest BCUT2D eigenvalue weighted by atomic mass is 19.2. The van der Waals surface area contributed by atoms with Crippen LogP contribution in [0.2, 0.25) is 0 Å². The Labute approximate surface area is 121 Å². The first-order chi connectivity index (χ1) is 9.97. The molecule has 0 aromatic heterocycles. The van der Waals surface area contributed by atoms with Crippen LogP contribution < -0.4 is 10.2 Å². The number of halogens is 2. The molecule has 21 heavy (non-hydrogen) atoms. The van der Waals surface area contributed by atoms with E-state index in [1.165, 1.54) is 17.9 Å². The van der Waals surface area contributed by atoms with E-state index in [4.69, 9.17) is 4.74 Å². The number of nitrogens with one attached hydrogen (secondary N) is 1. The molecule has 0 spiro atoms. The maximum absolute atomic E-state index is 13.1. The Balaban J connectivity index is 0.00000106. The smallest absolute Gasteiger partial charge is 0.414 e. The van der Waals surface area contributed by atoms with Gasteiger partial charge >= 0.3 is 6.09 Å². The predicted octanol–water partition coefficient (Wildman–Crippen LogP) is 2.45. The average Bonchev–Trinajstić information content (AvgIpc) is 2.83. The summed E-state index contributed by atoms with van der Waals surface area (Å²) in [5.74, 6) is -2.25. The Morgan fingerprint density at radius 2 is 2.05 bits per heavy atom. The number of hydrogen-bond donors (Lipinski definition) is 1. The van der Waals surface area contributed by atoms with Crippen LogP contribution in [0.4, 0.5) is 19.3 Å². The van der Waals surface area contributed by atoms with Crippen LogP contribution >= 0.6 is 0 Å². The van der Waals surface area contributed by atoms with Crippen molar-refractivity contribution in [3.63, 3.8) is 0 Å². The van der Waals surface area contributed by atoms with Crippen LogP contribution in [-0.4, -0.2) is 31.2 Å². The standard InChI is InChI=1S/C12H12F2N2O3.C2H6/c1-7(17)15-5-9-6-16(12(18)19-9)8-2-3-10(13)11(14)4-8;1-2/h2-4,9H,5-6H2,1H3,(H,15,17);1-2H3. The van der Waals surface area contributed by atoms with Crippen molar-refractivity contribution in [3.8, 4) is 0 Å². The Morgan fingerprint density at radius 1 is 1.38 bits per heavy atom. The summed E-state index contributed by atoms with van der Waals surface area (Å²) in [7, 11) is 0. The molecule has 116 valence electrons. The largest absolute Gasteiger partial charge is 0.442 e. The van der Waals surface area contributed by atoms with Crippen molar-refractivity contribution in [1.82, 2.24) is 5.32 Å². The summed E-state index contributed by atoms with van der Waals surface area (Å²) in [4.78, 5) is 23.5. The zero-order valence-corrected chi connectivity index (χ0v) is 12.2. The van der Waals surface area contributed by atoms with Crippen molar-refractivity contribution in [2.24, 2.45) is 0 Å². The van der Waals surface area contributed by atoms with Gasteiger partial charge in [-0.15, -0.1) is 0 Å². The van der Waals surface area contributed by atoms with E-state index in [1.54, 1.807) is 0 Å². The van der Waals surface area contributed by atoms with Crippen LogP contribution in [-0.2, 0) is 9.53 Å². The second kappa shape index (κ2) is 7.56. The van der Waals surface area contributed by atoms with Gasteiger partial charge in [-0.2, -0.15) is 0 Å². The number of cyclic esters (lactones) is 1. The SMILES string of the molecule is CC.CC(=O)NCC1CN(c2ccc(F)c(F)c2)C(=O)O1. The third-order valence-electron chi connectivity index (χ3n) is 2.67. The maximum atomic E-state index is 13.1. The Bertz CT molecular complexity index is 523. The van der Waals surface area contributed by atoms with E-state index < -0.39 is 23.8 Å².